The number of hydrogen-bond acceptors (Lipinski definition) is 4. The molecule has 6 nitrogen and oxygen atoms in total. The number of aryl methyl sites for hydroxylation is 1. The van der Waals surface area contributed by atoms with Crippen molar-refractivity contribution in [2.75, 3.05) is 22.9 Å². The van der Waals surface area contributed by atoms with Gasteiger partial charge in [0.2, 0.25) is 5.91 Å². The van der Waals surface area contributed by atoms with Crippen LogP contribution in [0.4, 0.5) is 11.4 Å². The number of nitrogens with one attached hydrogen (secondary N) is 1. The van der Waals surface area contributed by atoms with E-state index in [9.17, 15) is 9.59 Å². The second kappa shape index (κ2) is 8.99. The van der Waals surface area contributed by atoms with Gasteiger partial charge in [-0.05, 0) is 67.9 Å². The van der Waals surface area contributed by atoms with Crippen LogP contribution < -0.4 is 15.1 Å². The highest BCUT2D eigenvalue weighted by molar-refractivity contribution is 6.31. The lowest BCUT2D eigenvalue weighted by atomic mass is 9.75. The third-order valence-electron chi connectivity index (χ3n) is 7.25. The van der Waals surface area contributed by atoms with Crippen LogP contribution >= 0.6 is 11.6 Å². The minimum atomic E-state index is -0.814. The molecule has 0 spiro atoms. The summed E-state index contributed by atoms with van der Waals surface area (Å²) >= 11 is 6.44. The van der Waals surface area contributed by atoms with Crippen molar-refractivity contribution < 1.29 is 14.7 Å². The van der Waals surface area contributed by atoms with Gasteiger partial charge in [-0.3, -0.25) is 14.9 Å². The molecular weight excluding hydrogens is 438 g/mol. The first-order valence-electron chi connectivity index (χ1n) is 11.9. The molecule has 33 heavy (non-hydrogen) atoms. The van der Waals surface area contributed by atoms with E-state index < -0.39 is 11.5 Å². The van der Waals surface area contributed by atoms with Gasteiger partial charge in [-0.15, -0.1) is 0 Å². The average molecular weight is 468 g/mol. The number of benzene rings is 2. The van der Waals surface area contributed by atoms with Gasteiger partial charge in [0.05, 0.1) is 16.9 Å². The predicted octanol–water partition coefficient (Wildman–Crippen LogP) is 4.39. The van der Waals surface area contributed by atoms with Crippen molar-refractivity contribution in [3.8, 4) is 0 Å². The van der Waals surface area contributed by atoms with Crippen LogP contribution in [0.1, 0.15) is 49.7 Å². The minimum absolute atomic E-state index is 0.0865. The van der Waals surface area contributed by atoms with Crippen molar-refractivity contribution in [1.29, 1.82) is 0 Å². The first-order valence-corrected chi connectivity index (χ1v) is 12.3. The number of rotatable bonds is 8. The highest BCUT2D eigenvalue weighted by Gasteiger charge is 2.48. The van der Waals surface area contributed by atoms with Crippen LogP contribution in [0.2, 0.25) is 5.02 Å². The lowest BCUT2D eigenvalue weighted by molar-refractivity contribution is -0.137. The standard InChI is InChI=1S/C26H30ClN3O3/c27-21-10-6-18(7-11-24(31)32)16-19(21)17-28-26(12-3-13-26)25(33)30-15-14-29(20-8-9-20)22-4-1-2-5-23(22)30/h1-2,4-6,10,16,20,28H,3,7-9,11-15,17H2,(H,31,32). The van der Waals surface area contributed by atoms with Crippen molar-refractivity contribution in [2.24, 2.45) is 0 Å². The first-order chi connectivity index (χ1) is 16.0. The number of amides is 1. The number of para-hydroxylation sites is 2. The minimum Gasteiger partial charge on any atom is -0.481 e. The highest BCUT2D eigenvalue weighted by Crippen LogP contribution is 2.42. The third-order valence-corrected chi connectivity index (χ3v) is 7.62. The molecule has 0 bridgehead atoms. The Labute approximate surface area is 199 Å². The Bertz CT molecular complexity index is 1060. The van der Waals surface area contributed by atoms with Gasteiger partial charge in [0.25, 0.3) is 0 Å². The Morgan fingerprint density at radius 2 is 1.85 bits per heavy atom. The van der Waals surface area contributed by atoms with Crippen LogP contribution in [0.25, 0.3) is 0 Å². The number of aliphatic carboxylic acids is 1. The van der Waals surface area contributed by atoms with Gasteiger partial charge < -0.3 is 14.9 Å². The van der Waals surface area contributed by atoms with Crippen molar-refractivity contribution >= 4 is 34.9 Å². The number of carboxylic acid groups (broad SMARTS) is 1. The van der Waals surface area contributed by atoms with Gasteiger partial charge >= 0.3 is 5.97 Å². The Balaban J connectivity index is 1.33. The topological polar surface area (TPSA) is 72.9 Å². The molecule has 5 rings (SSSR count). The summed E-state index contributed by atoms with van der Waals surface area (Å²) in [7, 11) is 0. The fraction of sp³-hybridized carbons (Fsp3) is 0.462. The largest absolute Gasteiger partial charge is 0.481 e. The van der Waals surface area contributed by atoms with Crippen LogP contribution in [0.3, 0.4) is 0 Å². The van der Waals surface area contributed by atoms with Crippen molar-refractivity contribution in [2.45, 2.75) is 63.1 Å². The zero-order valence-corrected chi connectivity index (χ0v) is 19.5. The number of nitrogens with zero attached hydrogens (tertiary/aromatic N) is 2. The summed E-state index contributed by atoms with van der Waals surface area (Å²) in [6.45, 7) is 2.07. The van der Waals surface area contributed by atoms with Crippen LogP contribution in [0, 0.1) is 0 Å². The molecule has 1 amide bonds. The van der Waals surface area contributed by atoms with Crippen molar-refractivity contribution in [3.63, 3.8) is 0 Å². The number of carboxylic acids is 1. The first kappa shape index (κ1) is 22.2. The molecule has 2 saturated carbocycles. The summed E-state index contributed by atoms with van der Waals surface area (Å²) in [6.07, 6.45) is 5.67. The quantitative estimate of drug-likeness (QED) is 0.602. The van der Waals surface area contributed by atoms with Gasteiger partial charge in [0, 0.05) is 37.1 Å². The average Bonchev–Trinajstić information content (AvgIpc) is 3.63. The third kappa shape index (κ3) is 4.46. The highest BCUT2D eigenvalue weighted by atomic mass is 35.5. The molecule has 7 heteroatoms. The van der Waals surface area contributed by atoms with E-state index in [2.05, 4.69) is 28.4 Å². The molecule has 2 fully saturated rings. The number of carbonyl (C=O) groups excluding carboxylic acids is 1. The van der Waals surface area contributed by atoms with Gasteiger partial charge in [0.1, 0.15) is 0 Å². The van der Waals surface area contributed by atoms with Crippen LogP contribution in [0.15, 0.2) is 42.5 Å². The molecule has 0 radical (unpaired) electrons. The molecule has 2 aromatic carbocycles. The molecule has 0 saturated heterocycles. The van der Waals surface area contributed by atoms with E-state index in [0.29, 0.717) is 30.6 Å². The lowest BCUT2D eigenvalue weighted by Crippen LogP contribution is -2.63. The maximum absolute atomic E-state index is 13.9. The molecule has 1 heterocycles. The van der Waals surface area contributed by atoms with E-state index in [0.717, 1.165) is 42.6 Å². The normalized spacial score (nSPS) is 19.1. The van der Waals surface area contributed by atoms with Crippen molar-refractivity contribution in [3.05, 3.63) is 58.6 Å². The Morgan fingerprint density at radius 3 is 2.52 bits per heavy atom. The van der Waals surface area contributed by atoms with Gasteiger partial charge in [0.15, 0.2) is 0 Å². The summed E-state index contributed by atoms with van der Waals surface area (Å²) in [4.78, 5) is 29.2. The van der Waals surface area contributed by atoms with Gasteiger partial charge in [-0.1, -0.05) is 35.9 Å². The van der Waals surface area contributed by atoms with E-state index >= 15 is 0 Å². The molecule has 2 N–H and O–H groups in total. The molecular formula is C26H30ClN3O3. The maximum atomic E-state index is 13.9. The number of anilines is 2. The molecule has 2 aliphatic carbocycles. The van der Waals surface area contributed by atoms with E-state index in [-0.39, 0.29) is 12.3 Å². The summed E-state index contributed by atoms with van der Waals surface area (Å²) in [5, 5.41) is 13.2. The summed E-state index contributed by atoms with van der Waals surface area (Å²) in [5.74, 6) is -0.666. The SMILES string of the molecule is O=C(O)CCc1ccc(Cl)c(CNC2(C(=O)N3CCN(C4CC4)c4ccccc43)CCC2)c1. The number of fused-ring (bicyclic) bond motifs is 1. The maximum Gasteiger partial charge on any atom is 0.303 e. The monoisotopic (exact) mass is 467 g/mol. The lowest BCUT2D eigenvalue weighted by Gasteiger charge is -2.47. The second-order valence-corrected chi connectivity index (χ2v) is 9.89. The number of carbonyl (C=O) groups is 2. The predicted molar refractivity (Wildman–Crippen MR) is 130 cm³/mol. The molecule has 0 atom stereocenters. The van der Waals surface area contributed by atoms with Crippen LogP contribution in [0.5, 0.6) is 0 Å². The molecule has 0 aromatic heterocycles. The molecule has 1 aliphatic heterocycles. The van der Waals surface area contributed by atoms with E-state index in [1.165, 1.54) is 18.5 Å². The van der Waals surface area contributed by atoms with E-state index in [4.69, 9.17) is 16.7 Å². The number of halogens is 1. The van der Waals surface area contributed by atoms with Crippen molar-refractivity contribution in [1.82, 2.24) is 5.32 Å². The Kier molecular flexibility index (Phi) is 6.06. The Hall–Kier alpha value is -2.57. The summed E-state index contributed by atoms with van der Waals surface area (Å²) in [5.41, 5.74) is 3.45. The summed E-state index contributed by atoms with van der Waals surface area (Å²) in [6, 6.07) is 14.5. The summed E-state index contributed by atoms with van der Waals surface area (Å²) < 4.78 is 0. The molecule has 3 aliphatic rings. The Morgan fingerprint density at radius 1 is 1.09 bits per heavy atom. The van der Waals surface area contributed by atoms with Crippen LogP contribution in [-0.4, -0.2) is 41.7 Å². The van der Waals surface area contributed by atoms with Gasteiger partial charge in [-0.2, -0.15) is 0 Å². The smallest absolute Gasteiger partial charge is 0.303 e. The zero-order chi connectivity index (χ0) is 23.0. The van der Waals surface area contributed by atoms with Gasteiger partial charge in [-0.25, -0.2) is 0 Å². The number of hydrogen-bond donors (Lipinski definition) is 2. The molecule has 2 aromatic rings. The van der Waals surface area contributed by atoms with E-state index in [1.54, 1.807) is 0 Å². The molecule has 174 valence electrons. The fourth-order valence-corrected chi connectivity index (χ4v) is 5.23. The van der Waals surface area contributed by atoms with Crippen LogP contribution in [-0.2, 0) is 22.6 Å². The second-order valence-electron chi connectivity index (χ2n) is 9.48. The molecule has 0 unspecified atom stereocenters. The van der Waals surface area contributed by atoms with E-state index in [1.807, 2.05) is 29.2 Å². The zero-order valence-electron chi connectivity index (χ0n) is 18.7. The fourth-order valence-electron chi connectivity index (χ4n) is 5.05.